The van der Waals surface area contributed by atoms with E-state index in [1.807, 2.05) is 13.8 Å². The van der Waals surface area contributed by atoms with Gasteiger partial charge in [-0.15, -0.1) is 11.3 Å². The molecule has 2 amide bonds. The predicted molar refractivity (Wildman–Crippen MR) is 73.4 cm³/mol. The molecular formula is C12H14N4O2S. The van der Waals surface area contributed by atoms with Gasteiger partial charge in [-0.3, -0.25) is 14.3 Å². The van der Waals surface area contributed by atoms with Crippen molar-refractivity contribution in [3.05, 3.63) is 34.5 Å². The van der Waals surface area contributed by atoms with Crippen LogP contribution in [0.5, 0.6) is 0 Å². The van der Waals surface area contributed by atoms with Crippen molar-refractivity contribution in [2.24, 2.45) is 5.73 Å². The molecule has 0 saturated carbocycles. The zero-order chi connectivity index (χ0) is 14.0. The lowest BCUT2D eigenvalue weighted by atomic mass is 10.3. The Morgan fingerprint density at radius 1 is 1.53 bits per heavy atom. The predicted octanol–water partition coefficient (Wildman–Crippen LogP) is 1.62. The Morgan fingerprint density at radius 2 is 2.26 bits per heavy atom. The second-order valence-electron chi connectivity index (χ2n) is 3.97. The lowest BCUT2D eigenvalue weighted by molar-refractivity contribution is 0.100. The van der Waals surface area contributed by atoms with Crippen molar-refractivity contribution >= 4 is 28.2 Å². The van der Waals surface area contributed by atoms with Gasteiger partial charge in [0.25, 0.3) is 11.8 Å². The highest BCUT2D eigenvalue weighted by Crippen LogP contribution is 2.23. The summed E-state index contributed by atoms with van der Waals surface area (Å²) < 4.78 is 1.61. The summed E-state index contributed by atoms with van der Waals surface area (Å²) in [7, 11) is 0. The van der Waals surface area contributed by atoms with Crippen LogP contribution in [-0.4, -0.2) is 21.6 Å². The van der Waals surface area contributed by atoms with Crippen LogP contribution in [0.25, 0.3) is 0 Å². The number of aryl methyl sites for hydroxylation is 2. The number of carbonyl (C=O) groups excluding carboxylic acids is 2. The van der Waals surface area contributed by atoms with Gasteiger partial charge in [0.15, 0.2) is 0 Å². The number of aromatic nitrogens is 2. The van der Waals surface area contributed by atoms with E-state index in [0.717, 1.165) is 5.69 Å². The maximum Gasteiger partial charge on any atom is 0.274 e. The first-order valence-corrected chi connectivity index (χ1v) is 6.64. The number of primary amides is 1. The molecule has 0 spiro atoms. The largest absolute Gasteiger partial charge is 0.366 e. The lowest BCUT2D eigenvalue weighted by Crippen LogP contribution is -2.19. The normalized spacial score (nSPS) is 10.4. The van der Waals surface area contributed by atoms with E-state index in [9.17, 15) is 9.59 Å². The minimum absolute atomic E-state index is 0.299. The number of thiophene rings is 1. The average Bonchev–Trinajstić information content (AvgIpc) is 2.95. The molecule has 0 aliphatic heterocycles. The molecule has 0 aliphatic rings. The number of hydrogen-bond acceptors (Lipinski definition) is 4. The molecule has 0 fully saturated rings. The number of anilines is 1. The molecule has 0 radical (unpaired) electrons. The summed E-state index contributed by atoms with van der Waals surface area (Å²) in [6, 6.07) is 3.29. The molecule has 19 heavy (non-hydrogen) atoms. The summed E-state index contributed by atoms with van der Waals surface area (Å²) in [5.41, 5.74) is 6.78. The van der Waals surface area contributed by atoms with E-state index in [4.69, 9.17) is 5.73 Å². The van der Waals surface area contributed by atoms with Crippen molar-refractivity contribution in [1.82, 2.24) is 9.78 Å². The first kappa shape index (κ1) is 13.3. The molecule has 0 unspecified atom stereocenters. The van der Waals surface area contributed by atoms with Crippen molar-refractivity contribution in [3.63, 3.8) is 0 Å². The number of hydrogen-bond donors (Lipinski definition) is 2. The zero-order valence-electron chi connectivity index (χ0n) is 10.6. The van der Waals surface area contributed by atoms with Gasteiger partial charge in [-0.2, -0.15) is 5.10 Å². The summed E-state index contributed by atoms with van der Waals surface area (Å²) in [5.74, 6) is -0.857. The average molecular weight is 278 g/mol. The molecule has 0 bridgehead atoms. The van der Waals surface area contributed by atoms with Crippen molar-refractivity contribution in [2.75, 3.05) is 5.32 Å². The van der Waals surface area contributed by atoms with Gasteiger partial charge in [-0.25, -0.2) is 0 Å². The van der Waals surface area contributed by atoms with Gasteiger partial charge in [0.2, 0.25) is 0 Å². The highest BCUT2D eigenvalue weighted by molar-refractivity contribution is 7.14. The minimum Gasteiger partial charge on any atom is -0.366 e. The maximum absolute atomic E-state index is 12.2. The molecule has 6 nitrogen and oxygen atoms in total. The molecular weight excluding hydrogens is 264 g/mol. The summed E-state index contributed by atoms with van der Waals surface area (Å²) in [6.45, 7) is 4.33. The van der Waals surface area contributed by atoms with Crippen molar-refractivity contribution < 1.29 is 9.59 Å². The van der Waals surface area contributed by atoms with E-state index in [1.54, 1.807) is 22.2 Å². The van der Waals surface area contributed by atoms with Crippen LogP contribution in [0, 0.1) is 6.92 Å². The number of nitrogens with two attached hydrogens (primary N) is 1. The van der Waals surface area contributed by atoms with Gasteiger partial charge >= 0.3 is 0 Å². The highest BCUT2D eigenvalue weighted by atomic mass is 32.1. The van der Waals surface area contributed by atoms with E-state index in [2.05, 4.69) is 10.4 Å². The number of nitrogens with zero attached hydrogens (tertiary/aromatic N) is 2. The summed E-state index contributed by atoms with van der Waals surface area (Å²) in [5, 5.41) is 9.06. The van der Waals surface area contributed by atoms with Crippen molar-refractivity contribution in [3.8, 4) is 0 Å². The van der Waals surface area contributed by atoms with E-state index in [1.165, 1.54) is 11.3 Å². The molecule has 2 rings (SSSR count). The molecule has 0 aromatic carbocycles. The number of nitrogens with one attached hydrogen (secondary N) is 1. The Labute approximate surface area is 114 Å². The van der Waals surface area contributed by atoms with Crippen LogP contribution in [-0.2, 0) is 6.54 Å². The molecule has 2 aromatic rings. The topological polar surface area (TPSA) is 90.0 Å². The van der Waals surface area contributed by atoms with Crippen LogP contribution in [0.15, 0.2) is 17.5 Å². The quantitative estimate of drug-likeness (QED) is 0.890. The molecule has 100 valence electrons. The third-order valence-corrected chi connectivity index (χ3v) is 3.42. The first-order valence-electron chi connectivity index (χ1n) is 5.76. The van der Waals surface area contributed by atoms with Crippen LogP contribution in [0.2, 0.25) is 0 Å². The summed E-state index contributed by atoms with van der Waals surface area (Å²) >= 11 is 1.26. The molecule has 0 saturated heterocycles. The van der Waals surface area contributed by atoms with Crippen molar-refractivity contribution in [1.29, 1.82) is 0 Å². The van der Waals surface area contributed by atoms with Gasteiger partial charge in [0, 0.05) is 6.54 Å². The van der Waals surface area contributed by atoms with Gasteiger partial charge in [0.1, 0.15) is 10.7 Å². The molecule has 0 aliphatic carbocycles. The Morgan fingerprint density at radius 3 is 2.89 bits per heavy atom. The van der Waals surface area contributed by atoms with Crippen LogP contribution in [0.4, 0.5) is 5.00 Å². The number of rotatable bonds is 4. The maximum atomic E-state index is 12.2. The van der Waals surface area contributed by atoms with Gasteiger partial charge in [-0.05, 0) is 31.4 Å². The highest BCUT2D eigenvalue weighted by Gasteiger charge is 2.17. The van der Waals surface area contributed by atoms with Crippen LogP contribution >= 0.6 is 11.3 Å². The van der Waals surface area contributed by atoms with Gasteiger partial charge in [0.05, 0.1) is 11.3 Å². The molecule has 7 heteroatoms. The molecule has 2 aromatic heterocycles. The third-order valence-electron chi connectivity index (χ3n) is 2.59. The van der Waals surface area contributed by atoms with Crippen LogP contribution in [0.3, 0.4) is 0 Å². The molecule has 3 N–H and O–H groups in total. The van der Waals surface area contributed by atoms with E-state index in [-0.39, 0.29) is 5.91 Å². The second-order valence-corrected chi connectivity index (χ2v) is 4.88. The molecule has 2 heterocycles. The fraction of sp³-hybridized carbons (Fsp3) is 0.250. The standard InChI is InChI=1S/C12H14N4O2S/c1-3-16-9(6-7(2)15-16)11(18)14-12-8(10(13)17)4-5-19-12/h4-6H,3H2,1-2H3,(H2,13,17)(H,14,18). The Bertz CT molecular complexity index is 629. The van der Waals surface area contributed by atoms with E-state index < -0.39 is 5.91 Å². The summed E-state index contributed by atoms with van der Waals surface area (Å²) in [6.07, 6.45) is 0. The summed E-state index contributed by atoms with van der Waals surface area (Å²) in [4.78, 5) is 23.4. The van der Waals surface area contributed by atoms with E-state index in [0.29, 0.717) is 22.8 Å². The number of amides is 2. The van der Waals surface area contributed by atoms with Crippen LogP contribution in [0.1, 0.15) is 33.5 Å². The third kappa shape index (κ3) is 2.65. The number of carbonyl (C=O) groups is 2. The fourth-order valence-corrected chi connectivity index (χ4v) is 2.52. The van der Waals surface area contributed by atoms with Crippen LogP contribution < -0.4 is 11.1 Å². The van der Waals surface area contributed by atoms with Gasteiger partial charge in [-0.1, -0.05) is 0 Å². The minimum atomic E-state index is -0.559. The monoisotopic (exact) mass is 278 g/mol. The van der Waals surface area contributed by atoms with Gasteiger partial charge < -0.3 is 11.1 Å². The molecule has 0 atom stereocenters. The lowest BCUT2D eigenvalue weighted by Gasteiger charge is -2.06. The second kappa shape index (κ2) is 5.23. The first-order chi connectivity index (χ1) is 9.02. The Balaban J connectivity index is 2.25. The Hall–Kier alpha value is -2.15. The van der Waals surface area contributed by atoms with Crippen molar-refractivity contribution in [2.45, 2.75) is 20.4 Å². The smallest absolute Gasteiger partial charge is 0.274 e. The zero-order valence-corrected chi connectivity index (χ0v) is 11.5. The SMILES string of the molecule is CCn1nc(C)cc1C(=O)Nc1sccc1C(N)=O. The Kier molecular flexibility index (Phi) is 3.66. The fourth-order valence-electron chi connectivity index (χ4n) is 1.74. The van der Waals surface area contributed by atoms with E-state index >= 15 is 0 Å².